The van der Waals surface area contributed by atoms with Crippen molar-refractivity contribution in [3.63, 3.8) is 0 Å². The Morgan fingerprint density at radius 3 is 2.74 bits per heavy atom. The third kappa shape index (κ3) is 3.32. The lowest BCUT2D eigenvalue weighted by molar-refractivity contribution is -0.384. The van der Waals surface area contributed by atoms with Crippen LogP contribution in [0.5, 0.6) is 11.5 Å². The topological polar surface area (TPSA) is 85.7 Å². The molecule has 3 rings (SSSR count). The lowest BCUT2D eigenvalue weighted by Crippen LogP contribution is -2.19. The summed E-state index contributed by atoms with van der Waals surface area (Å²) in [6.45, 7) is 2.05. The molecule has 0 radical (unpaired) electrons. The first-order valence-electron chi connectivity index (χ1n) is 6.75. The van der Waals surface area contributed by atoms with Gasteiger partial charge in [-0.05, 0) is 36.8 Å². The lowest BCUT2D eigenvalue weighted by Gasteiger charge is -2.12. The molecule has 1 aliphatic rings. The first-order valence-corrected chi connectivity index (χ1v) is 7.16. The van der Waals surface area contributed by atoms with Gasteiger partial charge in [0.2, 0.25) is 6.79 Å². The van der Waals surface area contributed by atoms with E-state index in [9.17, 15) is 10.1 Å². The molecular weight excluding hydrogens is 318 g/mol. The van der Waals surface area contributed by atoms with Gasteiger partial charge in [-0.25, -0.2) is 0 Å². The fourth-order valence-electron chi connectivity index (χ4n) is 2.12. The van der Waals surface area contributed by atoms with Crippen molar-refractivity contribution in [2.45, 2.75) is 6.92 Å². The second kappa shape index (κ2) is 6.09. The summed E-state index contributed by atoms with van der Waals surface area (Å²) < 4.78 is 10.5. The van der Waals surface area contributed by atoms with E-state index in [1.807, 2.05) is 13.0 Å². The molecule has 1 heterocycles. The summed E-state index contributed by atoms with van der Waals surface area (Å²) in [5.41, 5.74) is 2.17. The van der Waals surface area contributed by atoms with Crippen molar-refractivity contribution < 1.29 is 14.4 Å². The standard InChI is InChI=1S/C15H13N3O4S/c1-9-2-4-11(18(19)20)7-12(9)17-15(23)16-10-3-5-13-14(6-10)22-8-21-13/h2-7H,8H2,1H3,(H2,16,17,23). The summed E-state index contributed by atoms with van der Waals surface area (Å²) in [5, 5.41) is 17.2. The number of hydrogen-bond acceptors (Lipinski definition) is 5. The SMILES string of the molecule is Cc1ccc([N+](=O)[O-])cc1NC(=S)Nc1ccc2c(c1)OCO2. The highest BCUT2D eigenvalue weighted by Gasteiger charge is 2.14. The number of anilines is 2. The van der Waals surface area contributed by atoms with Gasteiger partial charge in [-0.15, -0.1) is 0 Å². The van der Waals surface area contributed by atoms with Gasteiger partial charge >= 0.3 is 0 Å². The Hall–Kier alpha value is -2.87. The van der Waals surface area contributed by atoms with Crippen LogP contribution in [0.1, 0.15) is 5.56 Å². The van der Waals surface area contributed by atoms with Crippen molar-refractivity contribution in [1.29, 1.82) is 0 Å². The summed E-state index contributed by atoms with van der Waals surface area (Å²) in [5.74, 6) is 1.33. The molecule has 0 unspecified atom stereocenters. The van der Waals surface area contributed by atoms with E-state index in [0.29, 0.717) is 22.3 Å². The smallest absolute Gasteiger partial charge is 0.271 e. The first kappa shape index (κ1) is 15.0. The number of rotatable bonds is 3. The Balaban J connectivity index is 1.72. The fraction of sp³-hybridized carbons (Fsp3) is 0.133. The lowest BCUT2D eigenvalue weighted by atomic mass is 10.2. The largest absolute Gasteiger partial charge is 0.454 e. The van der Waals surface area contributed by atoms with E-state index in [1.165, 1.54) is 12.1 Å². The zero-order chi connectivity index (χ0) is 16.4. The highest BCUT2D eigenvalue weighted by atomic mass is 32.1. The highest BCUT2D eigenvalue weighted by molar-refractivity contribution is 7.80. The minimum atomic E-state index is -0.446. The molecule has 0 saturated heterocycles. The molecule has 0 saturated carbocycles. The van der Waals surface area contributed by atoms with E-state index in [2.05, 4.69) is 10.6 Å². The van der Waals surface area contributed by atoms with Crippen molar-refractivity contribution in [2.24, 2.45) is 0 Å². The van der Waals surface area contributed by atoms with Gasteiger partial charge in [-0.3, -0.25) is 10.1 Å². The van der Waals surface area contributed by atoms with Gasteiger partial charge in [0, 0.05) is 29.6 Å². The predicted molar refractivity (Wildman–Crippen MR) is 90.2 cm³/mol. The molecule has 0 amide bonds. The Bertz CT molecular complexity index is 794. The van der Waals surface area contributed by atoms with Crippen LogP contribution < -0.4 is 20.1 Å². The number of nitro benzene ring substituents is 1. The van der Waals surface area contributed by atoms with Gasteiger partial charge in [-0.2, -0.15) is 0 Å². The number of thiocarbonyl (C=S) groups is 1. The van der Waals surface area contributed by atoms with Crippen LogP contribution in [0.15, 0.2) is 36.4 Å². The van der Waals surface area contributed by atoms with Crippen LogP contribution in [0.3, 0.4) is 0 Å². The molecule has 0 aromatic heterocycles. The van der Waals surface area contributed by atoms with Crippen LogP contribution in [0.2, 0.25) is 0 Å². The van der Waals surface area contributed by atoms with Crippen LogP contribution in [0.4, 0.5) is 17.1 Å². The quantitative estimate of drug-likeness (QED) is 0.506. The summed E-state index contributed by atoms with van der Waals surface area (Å²) in [7, 11) is 0. The molecule has 0 atom stereocenters. The van der Waals surface area contributed by atoms with Crippen LogP contribution in [0, 0.1) is 17.0 Å². The van der Waals surface area contributed by atoms with E-state index in [0.717, 1.165) is 11.3 Å². The van der Waals surface area contributed by atoms with Crippen molar-refractivity contribution in [3.05, 3.63) is 52.1 Å². The highest BCUT2D eigenvalue weighted by Crippen LogP contribution is 2.34. The van der Waals surface area contributed by atoms with Gasteiger partial charge in [0.1, 0.15) is 0 Å². The minimum Gasteiger partial charge on any atom is -0.454 e. The van der Waals surface area contributed by atoms with E-state index < -0.39 is 4.92 Å². The average molecular weight is 331 g/mol. The molecule has 1 aliphatic heterocycles. The number of aryl methyl sites for hydroxylation is 1. The molecule has 7 nitrogen and oxygen atoms in total. The molecular formula is C15H13N3O4S. The molecule has 2 aromatic carbocycles. The molecule has 2 aromatic rings. The van der Waals surface area contributed by atoms with Gasteiger partial charge in [0.25, 0.3) is 5.69 Å². The first-order chi connectivity index (χ1) is 11.0. The fourth-order valence-corrected chi connectivity index (χ4v) is 2.34. The molecule has 0 bridgehead atoms. The number of fused-ring (bicyclic) bond motifs is 1. The molecule has 0 spiro atoms. The van der Waals surface area contributed by atoms with Crippen molar-refractivity contribution >= 4 is 34.4 Å². The maximum absolute atomic E-state index is 10.9. The van der Waals surface area contributed by atoms with Crippen LogP contribution in [-0.2, 0) is 0 Å². The maximum atomic E-state index is 10.9. The zero-order valence-electron chi connectivity index (χ0n) is 12.2. The Morgan fingerprint density at radius 1 is 1.17 bits per heavy atom. The van der Waals surface area contributed by atoms with Crippen molar-refractivity contribution in [3.8, 4) is 11.5 Å². The van der Waals surface area contributed by atoms with Gasteiger partial charge < -0.3 is 20.1 Å². The molecule has 2 N–H and O–H groups in total. The number of nitrogens with one attached hydrogen (secondary N) is 2. The molecule has 0 aliphatic carbocycles. The van der Waals surface area contributed by atoms with Crippen LogP contribution in [0.25, 0.3) is 0 Å². The number of benzene rings is 2. The number of ether oxygens (including phenoxy) is 2. The monoisotopic (exact) mass is 331 g/mol. The summed E-state index contributed by atoms with van der Waals surface area (Å²) in [4.78, 5) is 10.4. The Labute approximate surface area is 137 Å². The van der Waals surface area contributed by atoms with E-state index >= 15 is 0 Å². The molecule has 8 heteroatoms. The second-order valence-corrected chi connectivity index (χ2v) is 5.31. The predicted octanol–water partition coefficient (Wildman–Crippen LogP) is 3.44. The van der Waals surface area contributed by atoms with Crippen molar-refractivity contribution in [2.75, 3.05) is 17.4 Å². The number of hydrogen-bond donors (Lipinski definition) is 2. The maximum Gasteiger partial charge on any atom is 0.271 e. The third-order valence-electron chi connectivity index (χ3n) is 3.31. The van der Waals surface area contributed by atoms with Gasteiger partial charge in [-0.1, -0.05) is 6.07 Å². The Morgan fingerprint density at radius 2 is 1.96 bits per heavy atom. The summed E-state index contributed by atoms with van der Waals surface area (Å²) >= 11 is 5.25. The molecule has 23 heavy (non-hydrogen) atoms. The summed E-state index contributed by atoms with van der Waals surface area (Å²) in [6.07, 6.45) is 0. The van der Waals surface area contributed by atoms with Gasteiger partial charge in [0.05, 0.1) is 4.92 Å². The average Bonchev–Trinajstić information content (AvgIpc) is 2.96. The van der Waals surface area contributed by atoms with E-state index in [4.69, 9.17) is 21.7 Å². The van der Waals surface area contributed by atoms with E-state index in [-0.39, 0.29) is 12.5 Å². The van der Waals surface area contributed by atoms with Gasteiger partial charge in [0.15, 0.2) is 16.6 Å². The number of non-ortho nitro benzene ring substituents is 1. The normalized spacial score (nSPS) is 11.9. The third-order valence-corrected chi connectivity index (χ3v) is 3.51. The molecule has 0 fully saturated rings. The Kier molecular flexibility index (Phi) is 3.98. The number of nitro groups is 1. The minimum absolute atomic E-state index is 0.00368. The summed E-state index contributed by atoms with van der Waals surface area (Å²) in [6, 6.07) is 9.94. The zero-order valence-corrected chi connectivity index (χ0v) is 13.0. The van der Waals surface area contributed by atoms with Crippen LogP contribution in [-0.4, -0.2) is 16.8 Å². The van der Waals surface area contributed by atoms with Crippen LogP contribution >= 0.6 is 12.2 Å². The number of nitrogens with zero attached hydrogens (tertiary/aromatic N) is 1. The van der Waals surface area contributed by atoms with E-state index in [1.54, 1.807) is 18.2 Å². The second-order valence-electron chi connectivity index (χ2n) is 4.90. The van der Waals surface area contributed by atoms with Crippen molar-refractivity contribution in [1.82, 2.24) is 0 Å². The molecule has 118 valence electrons.